The van der Waals surface area contributed by atoms with E-state index >= 15 is 0 Å². The van der Waals surface area contributed by atoms with Crippen molar-refractivity contribution in [2.45, 2.75) is 31.8 Å². The van der Waals surface area contributed by atoms with E-state index in [4.69, 9.17) is 0 Å². The molecule has 5 rings (SSSR count). The number of benzene rings is 3. The van der Waals surface area contributed by atoms with E-state index in [-0.39, 0.29) is 17.7 Å². The van der Waals surface area contributed by atoms with E-state index in [9.17, 15) is 14.7 Å². The summed E-state index contributed by atoms with van der Waals surface area (Å²) in [4.78, 5) is 27.4. The summed E-state index contributed by atoms with van der Waals surface area (Å²) in [6.07, 6.45) is 3.78. The fourth-order valence-electron chi connectivity index (χ4n) is 4.69. The lowest BCUT2D eigenvalue weighted by Crippen LogP contribution is -2.35. The molecule has 7 nitrogen and oxygen atoms in total. The van der Waals surface area contributed by atoms with Crippen molar-refractivity contribution >= 4 is 28.6 Å². The average Bonchev–Trinajstić information content (AvgIpc) is 3.38. The van der Waals surface area contributed by atoms with E-state index in [0.717, 1.165) is 54.1 Å². The first-order valence-electron chi connectivity index (χ1n) is 13.0. The topological polar surface area (TPSA) is 87.5 Å². The van der Waals surface area contributed by atoms with E-state index in [1.54, 1.807) is 24.0 Å². The van der Waals surface area contributed by atoms with Crippen LogP contribution in [0.25, 0.3) is 0 Å². The Labute approximate surface area is 222 Å². The summed E-state index contributed by atoms with van der Waals surface area (Å²) in [7, 11) is 1.80. The minimum absolute atomic E-state index is 0.00451. The molecule has 1 aromatic heterocycles. The molecule has 2 heterocycles. The molecule has 0 atom stereocenters. The number of nitrogens with one attached hydrogen (secondary N) is 1. The van der Waals surface area contributed by atoms with Gasteiger partial charge in [0.15, 0.2) is 11.6 Å². The van der Waals surface area contributed by atoms with E-state index in [0.29, 0.717) is 24.1 Å². The molecule has 7 heteroatoms. The summed E-state index contributed by atoms with van der Waals surface area (Å²) in [6.45, 7) is 1.68. The highest BCUT2D eigenvalue weighted by Crippen LogP contribution is 2.22. The van der Waals surface area contributed by atoms with Crippen LogP contribution in [0.3, 0.4) is 0 Å². The largest absolute Gasteiger partial charge is 0.393 e. The third-order valence-corrected chi connectivity index (χ3v) is 6.94. The highest BCUT2D eigenvalue weighted by Gasteiger charge is 2.17. The monoisotopic (exact) mass is 508 g/mol. The highest BCUT2D eigenvalue weighted by molar-refractivity contribution is 5.98. The molecule has 38 heavy (non-hydrogen) atoms. The predicted octanol–water partition coefficient (Wildman–Crippen LogP) is 4.98. The first-order valence-corrected chi connectivity index (χ1v) is 13.0. The molecule has 2 N–H and O–H groups in total. The van der Waals surface area contributed by atoms with Crippen LogP contribution in [0.5, 0.6) is 0 Å². The number of nitrogens with zero attached hydrogens (tertiary/aromatic N) is 3. The Balaban J connectivity index is 1.13. The van der Waals surface area contributed by atoms with Gasteiger partial charge < -0.3 is 15.3 Å². The van der Waals surface area contributed by atoms with Crippen LogP contribution in [0, 0.1) is 0 Å². The molecular formula is C31H32N4O3. The SMILES string of the molecule is Cn1ccc(C(=O)Cc2ccc(Nc3ccc(CC(=O)c4ccc(N5CCC(O)CC5)cc4)cc3)cc2)n1. The summed E-state index contributed by atoms with van der Waals surface area (Å²) >= 11 is 0. The quantitative estimate of drug-likeness (QED) is 0.310. The Bertz CT molecular complexity index is 1380. The van der Waals surface area contributed by atoms with E-state index in [1.807, 2.05) is 72.8 Å². The minimum Gasteiger partial charge on any atom is -0.393 e. The Hall–Kier alpha value is -4.23. The molecule has 0 saturated carbocycles. The van der Waals surface area contributed by atoms with Crippen molar-refractivity contribution in [1.82, 2.24) is 9.78 Å². The number of carbonyl (C=O) groups is 2. The van der Waals surface area contributed by atoms with Crippen LogP contribution in [0.4, 0.5) is 17.1 Å². The fourth-order valence-corrected chi connectivity index (χ4v) is 4.69. The van der Waals surface area contributed by atoms with Gasteiger partial charge in [0.05, 0.1) is 6.10 Å². The summed E-state index contributed by atoms with van der Waals surface area (Å²) < 4.78 is 1.63. The lowest BCUT2D eigenvalue weighted by Gasteiger charge is -2.31. The summed E-state index contributed by atoms with van der Waals surface area (Å²) in [5.74, 6) is 0.0808. The molecule has 194 valence electrons. The number of aliphatic hydroxyl groups excluding tert-OH is 1. The molecule has 0 bridgehead atoms. The molecule has 1 fully saturated rings. The second-order valence-corrected chi connectivity index (χ2v) is 9.86. The van der Waals surface area contributed by atoms with Gasteiger partial charge in [0.1, 0.15) is 5.69 Å². The van der Waals surface area contributed by atoms with Crippen molar-refractivity contribution in [3.63, 3.8) is 0 Å². The Morgan fingerprint density at radius 3 is 1.89 bits per heavy atom. The van der Waals surface area contributed by atoms with Gasteiger partial charge in [-0.3, -0.25) is 14.3 Å². The molecule has 1 saturated heterocycles. The van der Waals surface area contributed by atoms with Crippen LogP contribution < -0.4 is 10.2 Å². The van der Waals surface area contributed by atoms with Crippen molar-refractivity contribution in [3.05, 3.63) is 107 Å². The number of ketones is 2. The number of Topliss-reactive ketones (excluding diaryl/α,β-unsaturated/α-hetero) is 2. The first-order chi connectivity index (χ1) is 18.4. The first kappa shape index (κ1) is 25.4. The normalized spacial score (nSPS) is 13.9. The summed E-state index contributed by atoms with van der Waals surface area (Å²) in [6, 6.07) is 25.2. The van der Waals surface area contributed by atoms with Gasteiger partial charge in [-0.1, -0.05) is 24.3 Å². The van der Waals surface area contributed by atoms with Crippen molar-refractivity contribution in [2.75, 3.05) is 23.3 Å². The van der Waals surface area contributed by atoms with Gasteiger partial charge in [-0.25, -0.2) is 0 Å². The van der Waals surface area contributed by atoms with Gasteiger partial charge in [0, 0.05) is 61.8 Å². The smallest absolute Gasteiger partial charge is 0.187 e. The van der Waals surface area contributed by atoms with Gasteiger partial charge >= 0.3 is 0 Å². The summed E-state index contributed by atoms with van der Waals surface area (Å²) in [5, 5.41) is 17.2. The molecule has 3 aromatic carbocycles. The zero-order chi connectivity index (χ0) is 26.5. The van der Waals surface area contributed by atoms with Gasteiger partial charge in [0.25, 0.3) is 0 Å². The number of anilines is 3. The zero-order valence-corrected chi connectivity index (χ0v) is 21.5. The van der Waals surface area contributed by atoms with E-state index in [1.165, 1.54) is 0 Å². The maximum Gasteiger partial charge on any atom is 0.187 e. The van der Waals surface area contributed by atoms with Crippen molar-refractivity contribution in [1.29, 1.82) is 0 Å². The number of rotatable bonds is 9. The third kappa shape index (κ3) is 6.36. The Morgan fingerprint density at radius 1 is 0.816 bits per heavy atom. The van der Waals surface area contributed by atoms with Gasteiger partial charge in [-0.15, -0.1) is 0 Å². The highest BCUT2D eigenvalue weighted by atomic mass is 16.3. The van der Waals surface area contributed by atoms with Crippen LogP contribution in [0.2, 0.25) is 0 Å². The van der Waals surface area contributed by atoms with Crippen LogP contribution in [-0.2, 0) is 19.9 Å². The molecule has 0 spiro atoms. The van der Waals surface area contributed by atoms with Crippen molar-refractivity contribution < 1.29 is 14.7 Å². The third-order valence-electron chi connectivity index (χ3n) is 6.94. The van der Waals surface area contributed by atoms with Gasteiger partial charge in [0.2, 0.25) is 0 Å². The van der Waals surface area contributed by atoms with Crippen LogP contribution in [0.1, 0.15) is 44.8 Å². The molecule has 4 aromatic rings. The number of aliphatic hydroxyl groups is 1. The maximum atomic E-state index is 12.8. The van der Waals surface area contributed by atoms with Crippen LogP contribution >= 0.6 is 0 Å². The average molecular weight is 509 g/mol. The molecule has 0 radical (unpaired) electrons. The standard InChI is InChI=1S/C31H32N4O3/c1-34-17-16-29(33-34)31(38)21-23-4-10-26(11-5-23)32-25-8-2-22(3-9-25)20-30(37)24-6-12-27(13-7-24)35-18-14-28(36)15-19-35/h2-13,16-17,28,32,36H,14-15,18-21H2,1H3. The number of aromatic nitrogens is 2. The van der Waals surface area contributed by atoms with E-state index in [2.05, 4.69) is 15.3 Å². The number of hydrogen-bond acceptors (Lipinski definition) is 6. The second-order valence-electron chi connectivity index (χ2n) is 9.86. The number of piperidine rings is 1. The Morgan fingerprint density at radius 2 is 1.37 bits per heavy atom. The van der Waals surface area contributed by atoms with Crippen molar-refractivity contribution in [3.8, 4) is 0 Å². The van der Waals surface area contributed by atoms with Gasteiger partial charge in [-0.05, 0) is 78.6 Å². The molecule has 0 aliphatic carbocycles. The maximum absolute atomic E-state index is 12.8. The zero-order valence-electron chi connectivity index (χ0n) is 21.5. The number of hydrogen-bond donors (Lipinski definition) is 2. The molecule has 1 aliphatic heterocycles. The Kier molecular flexibility index (Phi) is 7.65. The molecular weight excluding hydrogens is 476 g/mol. The van der Waals surface area contributed by atoms with Gasteiger partial charge in [-0.2, -0.15) is 5.10 Å². The molecule has 1 aliphatic rings. The summed E-state index contributed by atoms with van der Waals surface area (Å²) in [5.41, 5.74) is 6.01. The molecule has 0 amide bonds. The van der Waals surface area contributed by atoms with Crippen LogP contribution in [0.15, 0.2) is 85.1 Å². The van der Waals surface area contributed by atoms with Crippen molar-refractivity contribution in [2.24, 2.45) is 7.05 Å². The number of carbonyl (C=O) groups excluding carboxylic acids is 2. The second kappa shape index (κ2) is 11.4. The number of aryl methyl sites for hydroxylation is 1. The van der Waals surface area contributed by atoms with Crippen LogP contribution in [-0.4, -0.2) is 45.6 Å². The minimum atomic E-state index is -0.200. The fraction of sp³-hybridized carbons (Fsp3) is 0.258. The lowest BCUT2D eigenvalue weighted by atomic mass is 10.0. The molecule has 0 unspecified atom stereocenters. The predicted molar refractivity (Wildman–Crippen MR) is 149 cm³/mol. The van der Waals surface area contributed by atoms with E-state index < -0.39 is 0 Å². The lowest BCUT2D eigenvalue weighted by molar-refractivity contribution is 0.0981.